The molecule has 1 saturated heterocycles. The summed E-state index contributed by atoms with van der Waals surface area (Å²) in [6.45, 7) is 2.41. The fourth-order valence-corrected chi connectivity index (χ4v) is 2.61. The van der Waals surface area contributed by atoms with Gasteiger partial charge in [0.25, 0.3) is 0 Å². The van der Waals surface area contributed by atoms with E-state index in [-0.39, 0.29) is 5.97 Å². The van der Waals surface area contributed by atoms with E-state index in [0.717, 1.165) is 42.6 Å². The van der Waals surface area contributed by atoms with Crippen molar-refractivity contribution >= 4 is 21.9 Å². The highest BCUT2D eigenvalue weighted by atomic mass is 79.9. The summed E-state index contributed by atoms with van der Waals surface area (Å²) in [6, 6.07) is 5.93. The van der Waals surface area contributed by atoms with E-state index in [1.807, 2.05) is 6.07 Å². The summed E-state index contributed by atoms with van der Waals surface area (Å²) in [4.78, 5) is 11.4. The van der Waals surface area contributed by atoms with Crippen molar-refractivity contribution in [3.05, 3.63) is 33.8 Å². The molecule has 5 heteroatoms. The normalized spacial score (nSPS) is 19.2. The molecule has 1 aromatic rings. The van der Waals surface area contributed by atoms with Crippen molar-refractivity contribution in [2.24, 2.45) is 0 Å². The Morgan fingerprint density at radius 1 is 1.58 bits per heavy atom. The van der Waals surface area contributed by atoms with Crippen molar-refractivity contribution in [1.82, 2.24) is 5.32 Å². The maximum absolute atomic E-state index is 11.4. The van der Waals surface area contributed by atoms with Crippen LogP contribution in [-0.4, -0.2) is 32.3 Å². The molecule has 1 fully saturated rings. The van der Waals surface area contributed by atoms with Crippen LogP contribution in [0, 0.1) is 0 Å². The molecule has 0 aliphatic carbocycles. The highest BCUT2D eigenvalue weighted by Crippen LogP contribution is 2.19. The van der Waals surface area contributed by atoms with E-state index in [9.17, 15) is 4.79 Å². The van der Waals surface area contributed by atoms with Crippen LogP contribution in [0.25, 0.3) is 0 Å². The summed E-state index contributed by atoms with van der Waals surface area (Å²) in [5.41, 5.74) is 1.68. The third-order valence-corrected chi connectivity index (χ3v) is 3.95. The molecule has 0 radical (unpaired) electrons. The lowest BCUT2D eigenvalue weighted by atomic mass is 10.1. The molecule has 19 heavy (non-hydrogen) atoms. The van der Waals surface area contributed by atoms with Gasteiger partial charge < -0.3 is 14.8 Å². The Labute approximate surface area is 121 Å². The molecule has 1 unspecified atom stereocenters. The number of esters is 1. The zero-order chi connectivity index (χ0) is 13.7. The van der Waals surface area contributed by atoms with Crippen LogP contribution < -0.4 is 5.32 Å². The van der Waals surface area contributed by atoms with Crippen LogP contribution in [0.5, 0.6) is 0 Å². The van der Waals surface area contributed by atoms with Crippen molar-refractivity contribution in [3.8, 4) is 0 Å². The van der Waals surface area contributed by atoms with Gasteiger partial charge in [0.2, 0.25) is 0 Å². The van der Waals surface area contributed by atoms with Crippen molar-refractivity contribution in [3.63, 3.8) is 0 Å². The second-order valence-electron chi connectivity index (χ2n) is 4.59. The van der Waals surface area contributed by atoms with Gasteiger partial charge in [0, 0.05) is 23.7 Å². The quantitative estimate of drug-likeness (QED) is 0.863. The first-order valence-electron chi connectivity index (χ1n) is 6.38. The van der Waals surface area contributed by atoms with Crippen molar-refractivity contribution in [2.75, 3.05) is 20.3 Å². The number of halogens is 1. The number of hydrogen-bond donors (Lipinski definition) is 1. The van der Waals surface area contributed by atoms with Gasteiger partial charge in [-0.25, -0.2) is 4.79 Å². The van der Waals surface area contributed by atoms with Gasteiger partial charge in [0.15, 0.2) is 0 Å². The molecule has 2 rings (SSSR count). The Hall–Kier alpha value is -0.910. The molecule has 1 aliphatic heterocycles. The zero-order valence-corrected chi connectivity index (χ0v) is 12.5. The van der Waals surface area contributed by atoms with E-state index in [1.165, 1.54) is 7.11 Å². The standard InChI is InChI=1S/C14H18BrNO3/c1-18-14(17)10-4-5-11(13(15)7-10)8-16-12-3-2-6-19-9-12/h4-5,7,12,16H,2-3,6,8-9H2,1H3. The molecule has 1 aromatic carbocycles. The Bertz CT molecular complexity index is 444. The van der Waals surface area contributed by atoms with Crippen LogP contribution in [0.1, 0.15) is 28.8 Å². The van der Waals surface area contributed by atoms with Crippen LogP contribution in [0.2, 0.25) is 0 Å². The molecule has 0 bridgehead atoms. The Kier molecular flexibility index (Phi) is 5.36. The lowest BCUT2D eigenvalue weighted by Gasteiger charge is -2.23. The third kappa shape index (κ3) is 4.03. The van der Waals surface area contributed by atoms with E-state index in [2.05, 4.69) is 21.2 Å². The topological polar surface area (TPSA) is 47.6 Å². The minimum atomic E-state index is -0.319. The third-order valence-electron chi connectivity index (χ3n) is 3.22. The number of ether oxygens (including phenoxy) is 2. The lowest BCUT2D eigenvalue weighted by molar-refractivity contribution is 0.0600. The highest BCUT2D eigenvalue weighted by molar-refractivity contribution is 9.10. The van der Waals surface area contributed by atoms with E-state index >= 15 is 0 Å². The maximum atomic E-state index is 11.4. The predicted octanol–water partition coefficient (Wildman–Crippen LogP) is 2.50. The Morgan fingerprint density at radius 3 is 3.05 bits per heavy atom. The summed E-state index contributed by atoms with van der Waals surface area (Å²) in [6.07, 6.45) is 2.26. The van der Waals surface area contributed by atoms with Crippen LogP contribution in [0.4, 0.5) is 0 Å². The molecule has 0 aromatic heterocycles. The fraction of sp³-hybridized carbons (Fsp3) is 0.500. The summed E-state index contributed by atoms with van der Waals surface area (Å²) >= 11 is 3.49. The van der Waals surface area contributed by atoms with Crippen molar-refractivity contribution < 1.29 is 14.3 Å². The first-order valence-corrected chi connectivity index (χ1v) is 7.18. The maximum Gasteiger partial charge on any atom is 0.337 e. The van der Waals surface area contributed by atoms with Crippen molar-refractivity contribution in [2.45, 2.75) is 25.4 Å². The summed E-state index contributed by atoms with van der Waals surface area (Å²) in [7, 11) is 1.38. The largest absolute Gasteiger partial charge is 0.465 e. The smallest absolute Gasteiger partial charge is 0.337 e. The van der Waals surface area contributed by atoms with E-state index in [4.69, 9.17) is 9.47 Å². The summed E-state index contributed by atoms with van der Waals surface area (Å²) in [5, 5.41) is 3.47. The van der Waals surface area contributed by atoms with Gasteiger partial charge in [-0.15, -0.1) is 0 Å². The van der Waals surface area contributed by atoms with Gasteiger partial charge in [0.1, 0.15) is 0 Å². The fourth-order valence-electron chi connectivity index (χ4n) is 2.09. The summed E-state index contributed by atoms with van der Waals surface area (Å²) in [5.74, 6) is -0.319. The second kappa shape index (κ2) is 7.03. The van der Waals surface area contributed by atoms with Gasteiger partial charge in [0.05, 0.1) is 19.3 Å². The SMILES string of the molecule is COC(=O)c1ccc(CNC2CCCOC2)c(Br)c1. The molecule has 1 atom stereocenters. The van der Waals surface area contributed by atoms with E-state index < -0.39 is 0 Å². The van der Waals surface area contributed by atoms with Crippen LogP contribution >= 0.6 is 15.9 Å². The van der Waals surface area contributed by atoms with Gasteiger partial charge in [-0.3, -0.25) is 0 Å². The first-order chi connectivity index (χ1) is 9.20. The first kappa shape index (κ1) is 14.5. The highest BCUT2D eigenvalue weighted by Gasteiger charge is 2.14. The minimum absolute atomic E-state index is 0.319. The summed E-state index contributed by atoms with van der Waals surface area (Å²) < 4.78 is 11.0. The molecule has 1 heterocycles. The van der Waals surface area contributed by atoms with E-state index in [1.54, 1.807) is 12.1 Å². The second-order valence-corrected chi connectivity index (χ2v) is 5.45. The van der Waals surface area contributed by atoms with Gasteiger partial charge in [-0.2, -0.15) is 0 Å². The molecule has 0 saturated carbocycles. The number of benzene rings is 1. The number of rotatable bonds is 4. The number of carbonyl (C=O) groups is 1. The number of hydrogen-bond acceptors (Lipinski definition) is 4. The van der Waals surface area contributed by atoms with Crippen molar-refractivity contribution in [1.29, 1.82) is 0 Å². The number of nitrogens with one attached hydrogen (secondary N) is 1. The van der Waals surface area contributed by atoms with Gasteiger partial charge in [-0.1, -0.05) is 22.0 Å². The average molecular weight is 328 g/mol. The van der Waals surface area contributed by atoms with Crippen LogP contribution in [0.3, 0.4) is 0 Å². The van der Waals surface area contributed by atoms with Crippen LogP contribution in [-0.2, 0) is 16.0 Å². The molecule has 104 valence electrons. The monoisotopic (exact) mass is 327 g/mol. The molecule has 0 amide bonds. The predicted molar refractivity (Wildman–Crippen MR) is 76.2 cm³/mol. The molecule has 1 N–H and O–H groups in total. The number of carbonyl (C=O) groups excluding carboxylic acids is 1. The Balaban J connectivity index is 1.95. The number of methoxy groups -OCH3 is 1. The minimum Gasteiger partial charge on any atom is -0.465 e. The van der Waals surface area contributed by atoms with E-state index in [0.29, 0.717) is 11.6 Å². The lowest BCUT2D eigenvalue weighted by Crippen LogP contribution is -2.36. The molecule has 0 spiro atoms. The average Bonchev–Trinajstić information content (AvgIpc) is 2.46. The Morgan fingerprint density at radius 2 is 2.42 bits per heavy atom. The molecular formula is C14H18BrNO3. The van der Waals surface area contributed by atoms with Gasteiger partial charge in [-0.05, 0) is 30.5 Å². The molecule has 1 aliphatic rings. The van der Waals surface area contributed by atoms with Gasteiger partial charge >= 0.3 is 5.97 Å². The zero-order valence-electron chi connectivity index (χ0n) is 10.9. The van der Waals surface area contributed by atoms with Crippen LogP contribution in [0.15, 0.2) is 22.7 Å². The molecule has 4 nitrogen and oxygen atoms in total. The molecular weight excluding hydrogens is 310 g/mol.